The van der Waals surface area contributed by atoms with Crippen LogP contribution in [-0.4, -0.2) is 37.3 Å². The predicted molar refractivity (Wildman–Crippen MR) is 89.7 cm³/mol. The first-order valence-electron chi connectivity index (χ1n) is 8.30. The molecule has 0 fully saturated rings. The van der Waals surface area contributed by atoms with Gasteiger partial charge in [0.2, 0.25) is 5.88 Å². The fraction of sp³-hybridized carbons (Fsp3) is 0.222. The Balaban J connectivity index is 1.50. The van der Waals surface area contributed by atoms with Crippen molar-refractivity contribution in [1.29, 1.82) is 0 Å². The average Bonchev–Trinajstić information content (AvgIpc) is 3.08. The zero-order chi connectivity index (χ0) is 18.8. The molecule has 4 rings (SSSR count). The Labute approximate surface area is 153 Å². The van der Waals surface area contributed by atoms with Gasteiger partial charge in [0.15, 0.2) is 0 Å². The van der Waals surface area contributed by atoms with E-state index in [1.807, 2.05) is 6.07 Å². The van der Waals surface area contributed by atoms with Gasteiger partial charge in [0, 0.05) is 30.4 Å². The maximum Gasteiger partial charge on any atom is 0.254 e. The molecule has 138 valence electrons. The highest BCUT2D eigenvalue weighted by molar-refractivity contribution is 5.94. The summed E-state index contributed by atoms with van der Waals surface area (Å²) in [7, 11) is 0. The maximum absolute atomic E-state index is 13.4. The van der Waals surface area contributed by atoms with Gasteiger partial charge in [-0.2, -0.15) is 0 Å². The number of halogens is 2. The van der Waals surface area contributed by atoms with Crippen LogP contribution in [-0.2, 0) is 19.7 Å². The largest absolute Gasteiger partial charge is 0.471 e. The van der Waals surface area contributed by atoms with Gasteiger partial charge in [-0.15, -0.1) is 5.10 Å². The smallest absolute Gasteiger partial charge is 0.254 e. The van der Waals surface area contributed by atoms with E-state index in [0.29, 0.717) is 24.7 Å². The van der Waals surface area contributed by atoms with E-state index in [1.165, 1.54) is 4.90 Å². The Kier molecular flexibility index (Phi) is 4.49. The van der Waals surface area contributed by atoms with Crippen molar-refractivity contribution in [1.82, 2.24) is 24.9 Å². The second-order valence-electron chi connectivity index (χ2n) is 6.05. The SMILES string of the molecule is O=C(c1cc(F)cc(F)c1)N1CCn2nnc(COc3ccccn3)c2C1. The highest BCUT2D eigenvalue weighted by atomic mass is 19.1. The Morgan fingerprint density at radius 3 is 2.70 bits per heavy atom. The molecule has 9 heteroatoms. The third-order valence-corrected chi connectivity index (χ3v) is 4.23. The molecule has 1 aliphatic rings. The number of hydrogen-bond donors (Lipinski definition) is 0. The molecule has 0 aliphatic carbocycles. The molecule has 27 heavy (non-hydrogen) atoms. The molecule has 2 aromatic heterocycles. The molecule has 0 bridgehead atoms. The Hall–Kier alpha value is -3.36. The zero-order valence-corrected chi connectivity index (χ0v) is 14.2. The lowest BCUT2D eigenvalue weighted by Crippen LogP contribution is -2.39. The molecular formula is C18H15F2N5O2. The molecular weight excluding hydrogens is 356 g/mol. The molecule has 3 heterocycles. The second kappa shape index (κ2) is 7.10. The molecule has 0 spiro atoms. The van der Waals surface area contributed by atoms with Crippen LogP contribution in [0.1, 0.15) is 21.7 Å². The van der Waals surface area contributed by atoms with Crippen molar-refractivity contribution in [2.75, 3.05) is 6.54 Å². The molecule has 3 aromatic rings. The minimum Gasteiger partial charge on any atom is -0.471 e. The minimum atomic E-state index is -0.786. The first-order valence-corrected chi connectivity index (χ1v) is 8.30. The van der Waals surface area contributed by atoms with Crippen molar-refractivity contribution >= 4 is 5.91 Å². The summed E-state index contributed by atoms with van der Waals surface area (Å²) in [5, 5.41) is 8.18. The summed E-state index contributed by atoms with van der Waals surface area (Å²) in [5.41, 5.74) is 1.28. The van der Waals surface area contributed by atoms with Crippen molar-refractivity contribution in [3.05, 3.63) is 71.2 Å². The number of carbonyl (C=O) groups excluding carboxylic acids is 1. The molecule has 0 unspecified atom stereocenters. The number of ether oxygens (including phenoxy) is 1. The lowest BCUT2D eigenvalue weighted by atomic mass is 10.1. The van der Waals surface area contributed by atoms with Crippen LogP contribution >= 0.6 is 0 Å². The number of rotatable bonds is 4. The number of hydrogen-bond acceptors (Lipinski definition) is 5. The summed E-state index contributed by atoms with van der Waals surface area (Å²) in [6.45, 7) is 1.19. The Morgan fingerprint density at radius 2 is 1.96 bits per heavy atom. The van der Waals surface area contributed by atoms with E-state index in [4.69, 9.17) is 4.74 Å². The molecule has 0 saturated heterocycles. The lowest BCUT2D eigenvalue weighted by Gasteiger charge is -2.27. The minimum absolute atomic E-state index is 0.0280. The molecule has 1 amide bonds. The van der Waals surface area contributed by atoms with Crippen LogP contribution in [0.25, 0.3) is 0 Å². The second-order valence-corrected chi connectivity index (χ2v) is 6.05. The molecule has 1 aliphatic heterocycles. The zero-order valence-electron chi connectivity index (χ0n) is 14.2. The molecule has 0 N–H and O–H groups in total. The summed E-state index contributed by atoms with van der Waals surface area (Å²) >= 11 is 0. The van der Waals surface area contributed by atoms with Crippen LogP contribution < -0.4 is 4.74 Å². The highest BCUT2D eigenvalue weighted by Gasteiger charge is 2.26. The molecule has 0 atom stereocenters. The fourth-order valence-corrected chi connectivity index (χ4v) is 2.92. The summed E-state index contributed by atoms with van der Waals surface area (Å²) in [4.78, 5) is 18.2. The fourth-order valence-electron chi connectivity index (χ4n) is 2.92. The topological polar surface area (TPSA) is 73.1 Å². The Bertz CT molecular complexity index is 957. The van der Waals surface area contributed by atoms with E-state index in [2.05, 4.69) is 15.3 Å². The van der Waals surface area contributed by atoms with Crippen LogP contribution in [0, 0.1) is 11.6 Å². The van der Waals surface area contributed by atoms with Crippen molar-refractivity contribution in [2.24, 2.45) is 0 Å². The van der Waals surface area contributed by atoms with E-state index in [9.17, 15) is 13.6 Å². The van der Waals surface area contributed by atoms with E-state index in [-0.39, 0.29) is 18.7 Å². The average molecular weight is 371 g/mol. The quantitative estimate of drug-likeness (QED) is 0.703. The van der Waals surface area contributed by atoms with Crippen molar-refractivity contribution in [3.8, 4) is 5.88 Å². The van der Waals surface area contributed by atoms with Crippen LogP contribution in [0.3, 0.4) is 0 Å². The molecule has 7 nitrogen and oxygen atoms in total. The van der Waals surface area contributed by atoms with E-state index in [1.54, 1.807) is 23.0 Å². The number of fused-ring (bicyclic) bond motifs is 1. The normalized spacial score (nSPS) is 13.3. The van der Waals surface area contributed by atoms with Gasteiger partial charge in [-0.25, -0.2) is 18.4 Å². The van der Waals surface area contributed by atoms with Gasteiger partial charge in [-0.3, -0.25) is 4.79 Å². The third kappa shape index (κ3) is 3.62. The number of nitrogens with zero attached hydrogens (tertiary/aromatic N) is 5. The van der Waals surface area contributed by atoms with Gasteiger partial charge < -0.3 is 9.64 Å². The van der Waals surface area contributed by atoms with E-state index < -0.39 is 17.5 Å². The van der Waals surface area contributed by atoms with Crippen LogP contribution in [0.2, 0.25) is 0 Å². The number of aromatic nitrogens is 4. The monoisotopic (exact) mass is 371 g/mol. The number of benzene rings is 1. The summed E-state index contributed by atoms with van der Waals surface area (Å²) in [6.07, 6.45) is 1.62. The van der Waals surface area contributed by atoms with Gasteiger partial charge in [-0.05, 0) is 18.2 Å². The molecule has 1 aromatic carbocycles. The van der Waals surface area contributed by atoms with Gasteiger partial charge in [0.1, 0.15) is 23.9 Å². The van der Waals surface area contributed by atoms with Gasteiger partial charge in [0.25, 0.3) is 5.91 Å². The van der Waals surface area contributed by atoms with Crippen LogP contribution in [0.5, 0.6) is 5.88 Å². The molecule has 0 saturated carbocycles. The van der Waals surface area contributed by atoms with Gasteiger partial charge in [-0.1, -0.05) is 11.3 Å². The summed E-state index contributed by atoms with van der Waals surface area (Å²) in [5.74, 6) is -1.56. The van der Waals surface area contributed by atoms with Crippen LogP contribution in [0.15, 0.2) is 42.6 Å². The maximum atomic E-state index is 13.4. The number of pyridine rings is 1. The third-order valence-electron chi connectivity index (χ3n) is 4.23. The van der Waals surface area contributed by atoms with Crippen LogP contribution in [0.4, 0.5) is 8.78 Å². The molecule has 0 radical (unpaired) electrons. The Morgan fingerprint density at radius 1 is 1.15 bits per heavy atom. The van der Waals surface area contributed by atoms with Crippen molar-refractivity contribution < 1.29 is 18.3 Å². The number of amides is 1. The van der Waals surface area contributed by atoms with E-state index in [0.717, 1.165) is 23.9 Å². The predicted octanol–water partition coefficient (Wildman–Crippen LogP) is 2.19. The van der Waals surface area contributed by atoms with Gasteiger partial charge in [0.05, 0.1) is 18.8 Å². The first-order chi connectivity index (χ1) is 13.1. The first kappa shape index (κ1) is 17.1. The number of carbonyl (C=O) groups is 1. The van der Waals surface area contributed by atoms with Gasteiger partial charge >= 0.3 is 0 Å². The van der Waals surface area contributed by atoms with E-state index >= 15 is 0 Å². The standard InChI is InChI=1S/C18H15F2N5O2/c19-13-7-12(8-14(20)9-13)18(26)24-5-6-25-16(10-24)15(22-23-25)11-27-17-3-1-2-4-21-17/h1-4,7-9H,5-6,10-11H2. The highest BCUT2D eigenvalue weighted by Crippen LogP contribution is 2.19. The van der Waals surface area contributed by atoms with Crippen molar-refractivity contribution in [2.45, 2.75) is 19.7 Å². The lowest BCUT2D eigenvalue weighted by molar-refractivity contribution is 0.0703. The summed E-state index contributed by atoms with van der Waals surface area (Å²) in [6, 6.07) is 8.11. The van der Waals surface area contributed by atoms with Crippen molar-refractivity contribution in [3.63, 3.8) is 0 Å². The summed E-state index contributed by atoms with van der Waals surface area (Å²) < 4.78 is 34.1.